The Kier molecular flexibility index (Phi) is 9.19. The van der Waals surface area contributed by atoms with E-state index in [1.165, 1.54) is 17.7 Å². The molecule has 2 fully saturated rings. The van der Waals surface area contributed by atoms with Gasteiger partial charge in [0.05, 0.1) is 0 Å². The zero-order chi connectivity index (χ0) is 17.9. The Balaban J connectivity index is 0. The first-order valence-corrected chi connectivity index (χ1v) is 9.02. The van der Waals surface area contributed by atoms with E-state index < -0.39 is 18.0 Å². The van der Waals surface area contributed by atoms with E-state index in [2.05, 4.69) is 19.2 Å². The third-order valence-corrected chi connectivity index (χ3v) is 4.36. The van der Waals surface area contributed by atoms with Crippen molar-refractivity contribution in [3.8, 4) is 0 Å². The van der Waals surface area contributed by atoms with Gasteiger partial charge in [0.2, 0.25) is 11.8 Å². The molecule has 7 heteroatoms. The molecule has 2 aliphatic rings. The van der Waals surface area contributed by atoms with Gasteiger partial charge in [0.1, 0.15) is 18.7 Å². The van der Waals surface area contributed by atoms with Crippen molar-refractivity contribution in [2.45, 2.75) is 77.4 Å². The summed E-state index contributed by atoms with van der Waals surface area (Å²) in [5.74, 6) is -0.793. The molecule has 3 amide bonds. The number of unbranched alkanes of at least 4 members (excludes halogenated alkanes) is 1. The van der Waals surface area contributed by atoms with Gasteiger partial charge < -0.3 is 20.7 Å². The maximum atomic E-state index is 11.9. The second-order valence-electron chi connectivity index (χ2n) is 6.31. The van der Waals surface area contributed by atoms with E-state index in [9.17, 15) is 14.4 Å². The summed E-state index contributed by atoms with van der Waals surface area (Å²) in [5, 5.41) is 2.44. The summed E-state index contributed by atoms with van der Waals surface area (Å²) in [4.78, 5) is 36.1. The van der Waals surface area contributed by atoms with Gasteiger partial charge in [-0.25, -0.2) is 4.79 Å². The van der Waals surface area contributed by atoms with Crippen LogP contribution in [0.5, 0.6) is 0 Å². The highest BCUT2D eigenvalue weighted by molar-refractivity contribution is 5.89. The van der Waals surface area contributed by atoms with Crippen LogP contribution in [0, 0.1) is 0 Å². The number of hydrogen-bond acceptors (Lipinski definition) is 4. The third-order valence-electron chi connectivity index (χ3n) is 4.36. The molecule has 1 heterocycles. The Morgan fingerprint density at radius 1 is 1.12 bits per heavy atom. The summed E-state index contributed by atoms with van der Waals surface area (Å²) in [6, 6.07) is -0.546. The summed E-state index contributed by atoms with van der Waals surface area (Å²) in [6.45, 7) is 4.71. The number of rotatable bonds is 5. The molecule has 2 rings (SSSR count). The molecule has 1 aliphatic carbocycles. The van der Waals surface area contributed by atoms with Crippen LogP contribution in [0.1, 0.15) is 68.1 Å². The lowest BCUT2D eigenvalue weighted by atomic mass is 10.2. The van der Waals surface area contributed by atoms with E-state index in [0.717, 1.165) is 32.1 Å². The summed E-state index contributed by atoms with van der Waals surface area (Å²) >= 11 is 0. The monoisotopic (exact) mass is 345 g/mol. The summed E-state index contributed by atoms with van der Waals surface area (Å²) < 4.78 is 5.19. The summed E-state index contributed by atoms with van der Waals surface area (Å²) in [7, 11) is 0. The van der Waals surface area contributed by atoms with Crippen molar-refractivity contribution >= 4 is 17.9 Å². The van der Waals surface area contributed by atoms with Gasteiger partial charge in [0.25, 0.3) is 0 Å². The summed E-state index contributed by atoms with van der Waals surface area (Å²) in [5.41, 5.74) is 5.25. The van der Waals surface area contributed by atoms with Crippen molar-refractivity contribution in [3.05, 3.63) is 0 Å². The SMILES string of the molecule is CCCC.NC(=O)C1CCCN1C(=O)CNC(=O)OC1CCCC1.[HH].[HH]. The van der Waals surface area contributed by atoms with Gasteiger partial charge in [0.15, 0.2) is 0 Å². The van der Waals surface area contributed by atoms with E-state index in [4.69, 9.17) is 10.5 Å². The molecule has 1 saturated carbocycles. The van der Waals surface area contributed by atoms with Gasteiger partial charge in [-0.05, 0) is 38.5 Å². The number of nitrogens with zero attached hydrogens (tertiary/aromatic N) is 1. The van der Waals surface area contributed by atoms with Crippen molar-refractivity contribution in [3.63, 3.8) is 0 Å². The predicted octanol–water partition coefficient (Wildman–Crippen LogP) is 2.43. The molecular formula is C17H35N3O4. The maximum absolute atomic E-state index is 11.9. The maximum Gasteiger partial charge on any atom is 0.407 e. The highest BCUT2D eigenvalue weighted by Crippen LogP contribution is 2.21. The van der Waals surface area contributed by atoms with Crippen LogP contribution >= 0.6 is 0 Å². The fourth-order valence-electron chi connectivity index (χ4n) is 2.81. The molecule has 3 N–H and O–H groups in total. The molecular weight excluding hydrogens is 310 g/mol. The van der Waals surface area contributed by atoms with Crippen LogP contribution in [0.15, 0.2) is 0 Å². The van der Waals surface area contributed by atoms with Crippen LogP contribution in [0.4, 0.5) is 4.79 Å². The minimum absolute atomic E-state index is 0. The fourth-order valence-corrected chi connectivity index (χ4v) is 2.81. The highest BCUT2D eigenvalue weighted by Gasteiger charge is 2.32. The molecule has 1 aliphatic heterocycles. The van der Waals surface area contributed by atoms with Crippen LogP contribution in [-0.2, 0) is 14.3 Å². The van der Waals surface area contributed by atoms with Gasteiger partial charge in [-0.1, -0.05) is 26.7 Å². The number of nitrogens with two attached hydrogens (primary N) is 1. The average molecular weight is 345 g/mol. The zero-order valence-corrected chi connectivity index (χ0v) is 14.9. The first-order chi connectivity index (χ1) is 11.5. The van der Waals surface area contributed by atoms with Crippen LogP contribution < -0.4 is 11.1 Å². The molecule has 1 atom stereocenters. The number of ether oxygens (including phenoxy) is 1. The smallest absolute Gasteiger partial charge is 0.407 e. The Labute approximate surface area is 147 Å². The van der Waals surface area contributed by atoms with Crippen LogP contribution in [-0.4, -0.2) is 48.0 Å². The third kappa shape index (κ3) is 6.76. The first-order valence-electron chi connectivity index (χ1n) is 9.02. The van der Waals surface area contributed by atoms with Crippen LogP contribution in [0.3, 0.4) is 0 Å². The van der Waals surface area contributed by atoms with Gasteiger partial charge in [-0.2, -0.15) is 0 Å². The first kappa shape index (κ1) is 20.3. The van der Waals surface area contributed by atoms with Crippen LogP contribution in [0.25, 0.3) is 0 Å². The van der Waals surface area contributed by atoms with Crippen molar-refractivity contribution in [2.75, 3.05) is 13.1 Å². The molecule has 0 radical (unpaired) electrons. The largest absolute Gasteiger partial charge is 0.446 e. The molecule has 0 aromatic rings. The van der Waals surface area contributed by atoms with Crippen molar-refractivity contribution in [1.29, 1.82) is 0 Å². The molecule has 0 bridgehead atoms. The molecule has 1 saturated heterocycles. The predicted molar refractivity (Wildman–Crippen MR) is 95.5 cm³/mol. The lowest BCUT2D eigenvalue weighted by molar-refractivity contribution is -0.136. The molecule has 0 spiro atoms. The second kappa shape index (κ2) is 10.9. The molecule has 0 aromatic heterocycles. The van der Waals surface area contributed by atoms with Gasteiger partial charge >= 0.3 is 6.09 Å². The number of hydrogen-bond donors (Lipinski definition) is 2. The van der Waals surface area contributed by atoms with E-state index in [1.807, 2.05) is 0 Å². The Hall–Kier alpha value is -1.79. The molecule has 7 nitrogen and oxygen atoms in total. The number of amides is 3. The Morgan fingerprint density at radius 2 is 1.75 bits per heavy atom. The van der Waals surface area contributed by atoms with Crippen molar-refractivity contribution in [2.24, 2.45) is 5.73 Å². The summed E-state index contributed by atoms with van der Waals surface area (Å²) in [6.07, 6.45) is 7.31. The van der Waals surface area contributed by atoms with Crippen molar-refractivity contribution in [1.82, 2.24) is 10.2 Å². The minimum Gasteiger partial charge on any atom is -0.446 e. The van der Waals surface area contributed by atoms with Crippen LogP contribution in [0.2, 0.25) is 0 Å². The van der Waals surface area contributed by atoms with E-state index in [0.29, 0.717) is 13.0 Å². The van der Waals surface area contributed by atoms with Gasteiger partial charge in [-0.15, -0.1) is 0 Å². The number of carbonyl (C=O) groups excluding carboxylic acids is 3. The fraction of sp³-hybridized carbons (Fsp3) is 0.824. The quantitative estimate of drug-likeness (QED) is 0.799. The van der Waals surface area contributed by atoms with E-state index in [1.54, 1.807) is 0 Å². The number of likely N-dealkylation sites (tertiary alicyclic amines) is 1. The number of nitrogens with one attached hydrogen (secondary N) is 1. The molecule has 1 unspecified atom stereocenters. The lowest BCUT2D eigenvalue weighted by Gasteiger charge is -2.22. The van der Waals surface area contributed by atoms with Gasteiger partial charge in [-0.3, -0.25) is 9.59 Å². The standard InChI is InChI=1S/C13H21N3O4.C4H10.2H2/c14-12(18)10-6-3-7-16(10)11(17)8-15-13(19)20-9-4-1-2-5-9;1-3-4-2;;/h9-10H,1-8H2,(H2,14,18)(H,15,19);3-4H2,1-2H3;2*1H. The molecule has 24 heavy (non-hydrogen) atoms. The van der Waals surface area contributed by atoms with Gasteiger partial charge in [0, 0.05) is 9.40 Å². The topological polar surface area (TPSA) is 102 Å². The number of primary amides is 1. The zero-order valence-electron chi connectivity index (χ0n) is 14.9. The van der Waals surface area contributed by atoms with E-state index in [-0.39, 0.29) is 21.4 Å². The molecule has 142 valence electrons. The lowest BCUT2D eigenvalue weighted by Crippen LogP contribution is -2.47. The van der Waals surface area contributed by atoms with E-state index >= 15 is 0 Å². The Bertz CT molecular complexity index is 430. The normalized spacial score (nSPS) is 20.2. The number of alkyl carbamates (subject to hydrolysis) is 1. The molecule has 0 aromatic carbocycles. The average Bonchev–Trinajstić information content (AvgIpc) is 3.24. The highest BCUT2D eigenvalue weighted by atomic mass is 16.6. The second-order valence-corrected chi connectivity index (χ2v) is 6.31. The van der Waals surface area contributed by atoms with Crippen molar-refractivity contribution < 1.29 is 22.0 Å². The number of carbonyl (C=O) groups is 3. The Morgan fingerprint density at radius 3 is 2.29 bits per heavy atom. The minimum atomic E-state index is -0.569.